The van der Waals surface area contributed by atoms with Gasteiger partial charge in [0.1, 0.15) is 0 Å². The maximum absolute atomic E-state index is 11.8. The first-order valence-electron chi connectivity index (χ1n) is 6.23. The molecule has 0 fully saturated rings. The molecular formula is C12H26N2O3S. The van der Waals surface area contributed by atoms with Crippen molar-refractivity contribution in [1.29, 1.82) is 0 Å². The van der Waals surface area contributed by atoms with Gasteiger partial charge in [0.25, 0.3) is 0 Å². The summed E-state index contributed by atoms with van der Waals surface area (Å²) in [5, 5.41) is 5.69. The monoisotopic (exact) mass is 278 g/mol. The Morgan fingerprint density at radius 1 is 1.17 bits per heavy atom. The molecule has 0 rings (SSSR count). The highest BCUT2D eigenvalue weighted by Gasteiger charge is 2.28. The molecular weight excluding hydrogens is 252 g/mol. The van der Waals surface area contributed by atoms with Crippen LogP contribution in [0.25, 0.3) is 0 Å². The first kappa shape index (κ1) is 17.4. The largest absolute Gasteiger partial charge is 0.353 e. The van der Waals surface area contributed by atoms with Crippen LogP contribution in [0.2, 0.25) is 0 Å². The predicted octanol–water partition coefficient (Wildman–Crippen LogP) is 0.702. The van der Waals surface area contributed by atoms with Crippen LogP contribution in [0, 0.1) is 0 Å². The Bertz CT molecular complexity index is 369. The molecule has 2 N–H and O–H groups in total. The number of carbonyl (C=O) groups excluding carboxylic acids is 1. The van der Waals surface area contributed by atoms with Crippen LogP contribution in [0.3, 0.4) is 0 Å². The van der Waals surface area contributed by atoms with E-state index in [1.54, 1.807) is 27.7 Å². The van der Waals surface area contributed by atoms with Gasteiger partial charge in [0.15, 0.2) is 9.84 Å². The molecule has 0 bridgehead atoms. The number of carbonyl (C=O) groups is 1. The summed E-state index contributed by atoms with van der Waals surface area (Å²) in [6, 6.07) is -0.303. The second kappa shape index (κ2) is 6.52. The normalized spacial score (nSPS) is 14.6. The molecule has 6 heteroatoms. The summed E-state index contributed by atoms with van der Waals surface area (Å²) in [7, 11) is -3.14. The molecule has 0 aliphatic heterocycles. The highest BCUT2D eigenvalue weighted by molar-refractivity contribution is 7.92. The lowest BCUT2D eigenvalue weighted by atomic mass is 10.3. The zero-order chi connectivity index (χ0) is 14.6. The number of amides is 1. The average Bonchev–Trinajstić information content (AvgIpc) is 2.14. The fourth-order valence-electron chi connectivity index (χ4n) is 1.22. The van der Waals surface area contributed by atoms with E-state index in [4.69, 9.17) is 0 Å². The lowest BCUT2D eigenvalue weighted by molar-refractivity contribution is -0.123. The molecule has 0 saturated heterocycles. The molecule has 0 aromatic rings. The summed E-state index contributed by atoms with van der Waals surface area (Å²) in [5.74, 6) is -0.0753. The van der Waals surface area contributed by atoms with Crippen LogP contribution in [-0.2, 0) is 14.6 Å². The number of nitrogens with one attached hydrogen (secondary N) is 2. The molecule has 1 unspecified atom stereocenters. The van der Waals surface area contributed by atoms with Crippen LogP contribution in [0.1, 0.15) is 41.5 Å². The van der Waals surface area contributed by atoms with Crippen LogP contribution in [0.15, 0.2) is 0 Å². The minimum Gasteiger partial charge on any atom is -0.353 e. The van der Waals surface area contributed by atoms with E-state index < -0.39 is 14.6 Å². The molecule has 108 valence electrons. The maximum Gasteiger partial charge on any atom is 0.237 e. The number of rotatable bonds is 6. The van der Waals surface area contributed by atoms with Crippen molar-refractivity contribution in [1.82, 2.24) is 10.6 Å². The van der Waals surface area contributed by atoms with Crippen LogP contribution in [0.4, 0.5) is 0 Å². The van der Waals surface area contributed by atoms with Crippen molar-refractivity contribution < 1.29 is 13.2 Å². The molecule has 0 saturated carbocycles. The summed E-state index contributed by atoms with van der Waals surface area (Å²) in [6.07, 6.45) is 0. The van der Waals surface area contributed by atoms with Gasteiger partial charge in [-0.3, -0.25) is 4.79 Å². The standard InChI is InChI=1S/C12H26N2O3S/c1-9(2)14-11(15)10(3)13-7-8-18(16,17)12(4,5)6/h9-10,13H,7-8H2,1-6H3,(H,14,15). The van der Waals surface area contributed by atoms with Crippen molar-refractivity contribution in [2.24, 2.45) is 0 Å². The van der Waals surface area contributed by atoms with Gasteiger partial charge in [-0.25, -0.2) is 8.42 Å². The highest BCUT2D eigenvalue weighted by Crippen LogP contribution is 2.15. The van der Waals surface area contributed by atoms with Crippen molar-refractivity contribution >= 4 is 15.7 Å². The zero-order valence-electron chi connectivity index (χ0n) is 12.2. The minimum atomic E-state index is -3.14. The fraction of sp³-hybridized carbons (Fsp3) is 0.917. The summed E-state index contributed by atoms with van der Waals surface area (Å²) >= 11 is 0. The molecule has 5 nitrogen and oxygen atoms in total. The quantitative estimate of drug-likeness (QED) is 0.750. The third kappa shape index (κ3) is 5.82. The van der Waals surface area contributed by atoms with Crippen molar-refractivity contribution in [3.8, 4) is 0 Å². The zero-order valence-corrected chi connectivity index (χ0v) is 13.0. The van der Waals surface area contributed by atoms with Gasteiger partial charge in [-0.15, -0.1) is 0 Å². The molecule has 0 aromatic carbocycles. The Labute approximate surface area is 111 Å². The Kier molecular flexibility index (Phi) is 6.29. The van der Waals surface area contributed by atoms with Gasteiger partial charge in [0.05, 0.1) is 16.5 Å². The van der Waals surface area contributed by atoms with Crippen LogP contribution in [-0.4, -0.2) is 43.5 Å². The Morgan fingerprint density at radius 2 is 1.67 bits per heavy atom. The van der Waals surface area contributed by atoms with Gasteiger partial charge >= 0.3 is 0 Å². The van der Waals surface area contributed by atoms with E-state index >= 15 is 0 Å². The molecule has 1 atom stereocenters. The summed E-state index contributed by atoms with van der Waals surface area (Å²) in [6.45, 7) is 10.8. The van der Waals surface area contributed by atoms with E-state index in [1.807, 2.05) is 13.8 Å². The molecule has 0 aliphatic carbocycles. The lowest BCUT2D eigenvalue weighted by Gasteiger charge is -2.20. The highest BCUT2D eigenvalue weighted by atomic mass is 32.2. The Hall–Kier alpha value is -0.620. The van der Waals surface area contributed by atoms with Gasteiger partial charge in [0, 0.05) is 12.6 Å². The molecule has 0 aliphatic rings. The van der Waals surface area contributed by atoms with Crippen LogP contribution < -0.4 is 10.6 Å². The first-order chi connectivity index (χ1) is 7.97. The Morgan fingerprint density at radius 3 is 2.06 bits per heavy atom. The van der Waals surface area contributed by atoms with Crippen molar-refractivity contribution in [3.05, 3.63) is 0 Å². The van der Waals surface area contributed by atoms with Crippen molar-refractivity contribution in [3.63, 3.8) is 0 Å². The molecule has 0 spiro atoms. The van der Waals surface area contributed by atoms with E-state index in [0.717, 1.165) is 0 Å². The smallest absolute Gasteiger partial charge is 0.237 e. The van der Waals surface area contributed by atoms with E-state index in [2.05, 4.69) is 10.6 Å². The summed E-state index contributed by atoms with van der Waals surface area (Å²) < 4.78 is 22.9. The van der Waals surface area contributed by atoms with Gasteiger partial charge < -0.3 is 10.6 Å². The minimum absolute atomic E-state index is 0.0375. The second-order valence-electron chi connectivity index (χ2n) is 5.77. The number of sulfone groups is 1. The van der Waals surface area contributed by atoms with Gasteiger partial charge in [-0.1, -0.05) is 0 Å². The Balaban J connectivity index is 4.18. The van der Waals surface area contributed by atoms with Gasteiger partial charge in [-0.05, 0) is 41.5 Å². The maximum atomic E-state index is 11.8. The van der Waals surface area contributed by atoms with E-state index in [0.29, 0.717) is 0 Å². The van der Waals surface area contributed by atoms with E-state index in [-0.39, 0.29) is 30.3 Å². The number of hydrogen-bond donors (Lipinski definition) is 2. The molecule has 0 radical (unpaired) electrons. The summed E-state index contributed by atoms with van der Waals surface area (Å²) in [4.78, 5) is 11.6. The molecule has 0 aromatic heterocycles. The summed E-state index contributed by atoms with van der Waals surface area (Å²) in [5.41, 5.74) is 0. The molecule has 18 heavy (non-hydrogen) atoms. The fourth-order valence-corrected chi connectivity index (χ4v) is 2.22. The number of hydrogen-bond acceptors (Lipinski definition) is 4. The first-order valence-corrected chi connectivity index (χ1v) is 7.88. The third-order valence-electron chi connectivity index (χ3n) is 2.58. The van der Waals surface area contributed by atoms with Gasteiger partial charge in [-0.2, -0.15) is 0 Å². The van der Waals surface area contributed by atoms with Crippen LogP contribution >= 0.6 is 0 Å². The van der Waals surface area contributed by atoms with Crippen LogP contribution in [0.5, 0.6) is 0 Å². The van der Waals surface area contributed by atoms with E-state index in [9.17, 15) is 13.2 Å². The topological polar surface area (TPSA) is 75.3 Å². The third-order valence-corrected chi connectivity index (χ3v) is 5.19. The molecule has 1 amide bonds. The van der Waals surface area contributed by atoms with Crippen molar-refractivity contribution in [2.45, 2.75) is 58.4 Å². The van der Waals surface area contributed by atoms with Gasteiger partial charge in [0.2, 0.25) is 5.91 Å². The average molecular weight is 278 g/mol. The second-order valence-corrected chi connectivity index (χ2v) is 8.63. The van der Waals surface area contributed by atoms with Crippen molar-refractivity contribution in [2.75, 3.05) is 12.3 Å². The predicted molar refractivity (Wildman–Crippen MR) is 74.3 cm³/mol. The SMILES string of the molecule is CC(C)NC(=O)C(C)NCCS(=O)(=O)C(C)(C)C. The molecule has 0 heterocycles. The van der Waals surface area contributed by atoms with E-state index in [1.165, 1.54) is 0 Å². The lowest BCUT2D eigenvalue weighted by Crippen LogP contribution is -2.46.